The molecule has 4 heteroatoms. The van der Waals surface area contributed by atoms with Crippen LogP contribution in [0.4, 0.5) is 0 Å². The Bertz CT molecular complexity index is 458. The molecule has 0 amide bonds. The fourth-order valence-electron chi connectivity index (χ4n) is 2.08. The van der Waals surface area contributed by atoms with E-state index in [4.69, 9.17) is 10.2 Å². The maximum absolute atomic E-state index is 10.8. The zero-order valence-electron chi connectivity index (χ0n) is 12.8. The third-order valence-electron chi connectivity index (χ3n) is 3.46. The monoisotopic (exact) mass is 291 g/mol. The van der Waals surface area contributed by atoms with Gasteiger partial charge in [-0.3, -0.25) is 4.90 Å². The summed E-state index contributed by atoms with van der Waals surface area (Å²) in [5.41, 5.74) is -0.408. The first-order chi connectivity index (χ1) is 10.0. The summed E-state index contributed by atoms with van der Waals surface area (Å²) in [5, 5.41) is 28.8. The van der Waals surface area contributed by atoms with Crippen LogP contribution in [0.3, 0.4) is 0 Å². The molecule has 0 saturated carbocycles. The van der Waals surface area contributed by atoms with Crippen LogP contribution in [0, 0.1) is 17.8 Å². The van der Waals surface area contributed by atoms with E-state index >= 15 is 0 Å². The summed E-state index contributed by atoms with van der Waals surface area (Å²) in [6.07, 6.45) is 0. The Morgan fingerprint density at radius 1 is 1.10 bits per heavy atom. The van der Waals surface area contributed by atoms with Gasteiger partial charge < -0.3 is 15.3 Å². The van der Waals surface area contributed by atoms with Crippen molar-refractivity contribution in [3.05, 3.63) is 35.9 Å². The SMILES string of the molecule is CC(C)[C@](O)(C#CCN(CCO)CCO)c1ccccc1. The first kappa shape index (κ1) is 17.7. The molecule has 0 aliphatic heterocycles. The minimum absolute atomic E-state index is 0.0226. The van der Waals surface area contributed by atoms with Crippen LogP contribution in [-0.2, 0) is 5.60 Å². The predicted octanol–water partition coefficient (Wildman–Crippen LogP) is 0.820. The highest BCUT2D eigenvalue weighted by Gasteiger charge is 2.30. The first-order valence-electron chi connectivity index (χ1n) is 7.26. The van der Waals surface area contributed by atoms with Gasteiger partial charge in [-0.1, -0.05) is 56.0 Å². The topological polar surface area (TPSA) is 63.9 Å². The summed E-state index contributed by atoms with van der Waals surface area (Å²) in [6.45, 7) is 5.23. The van der Waals surface area contributed by atoms with Crippen molar-refractivity contribution in [2.75, 3.05) is 32.8 Å². The van der Waals surface area contributed by atoms with Crippen molar-refractivity contribution in [2.24, 2.45) is 5.92 Å². The number of aliphatic hydroxyl groups excluding tert-OH is 2. The molecule has 1 aromatic carbocycles. The van der Waals surface area contributed by atoms with Gasteiger partial charge in [0.25, 0.3) is 0 Å². The molecule has 0 saturated heterocycles. The van der Waals surface area contributed by atoms with Crippen molar-refractivity contribution < 1.29 is 15.3 Å². The first-order valence-corrected chi connectivity index (χ1v) is 7.26. The van der Waals surface area contributed by atoms with Gasteiger partial charge in [-0.05, 0) is 11.5 Å². The number of hydrogen-bond donors (Lipinski definition) is 3. The summed E-state index contributed by atoms with van der Waals surface area (Å²) in [6, 6.07) is 9.41. The van der Waals surface area contributed by atoms with E-state index < -0.39 is 5.60 Å². The summed E-state index contributed by atoms with van der Waals surface area (Å²) in [4.78, 5) is 1.85. The lowest BCUT2D eigenvalue weighted by molar-refractivity contribution is 0.0501. The van der Waals surface area contributed by atoms with Crippen molar-refractivity contribution in [3.8, 4) is 11.8 Å². The van der Waals surface area contributed by atoms with Crippen LogP contribution >= 0.6 is 0 Å². The summed E-state index contributed by atoms with van der Waals surface area (Å²) in [5.74, 6) is 5.89. The highest BCUT2D eigenvalue weighted by Crippen LogP contribution is 2.28. The fourth-order valence-corrected chi connectivity index (χ4v) is 2.08. The molecule has 4 nitrogen and oxygen atoms in total. The van der Waals surface area contributed by atoms with Gasteiger partial charge >= 0.3 is 0 Å². The number of benzene rings is 1. The van der Waals surface area contributed by atoms with E-state index in [-0.39, 0.29) is 19.1 Å². The standard InChI is InChI=1S/C17H25NO3/c1-15(2)17(21,16-7-4-3-5-8-16)9-6-10-18(11-13-19)12-14-20/h3-5,7-8,15,19-21H,10-14H2,1-2H3/t17-/m1/s1. The van der Waals surface area contributed by atoms with Crippen LogP contribution in [0.2, 0.25) is 0 Å². The van der Waals surface area contributed by atoms with Crippen LogP contribution in [0.1, 0.15) is 19.4 Å². The number of hydrogen-bond acceptors (Lipinski definition) is 4. The Morgan fingerprint density at radius 2 is 1.67 bits per heavy atom. The number of rotatable bonds is 7. The van der Waals surface area contributed by atoms with Gasteiger partial charge in [0.1, 0.15) is 0 Å². The van der Waals surface area contributed by atoms with E-state index in [2.05, 4.69) is 11.8 Å². The minimum Gasteiger partial charge on any atom is -0.395 e. The summed E-state index contributed by atoms with van der Waals surface area (Å²) >= 11 is 0. The molecule has 1 aromatic rings. The van der Waals surface area contributed by atoms with E-state index in [1.54, 1.807) is 0 Å². The second kappa shape index (κ2) is 8.81. The lowest BCUT2D eigenvalue weighted by Crippen LogP contribution is -2.32. The van der Waals surface area contributed by atoms with E-state index in [0.717, 1.165) is 5.56 Å². The van der Waals surface area contributed by atoms with E-state index in [1.165, 1.54) is 0 Å². The van der Waals surface area contributed by atoms with Gasteiger partial charge in [-0.25, -0.2) is 0 Å². The van der Waals surface area contributed by atoms with E-state index in [9.17, 15) is 5.11 Å². The van der Waals surface area contributed by atoms with Gasteiger partial charge in [0.05, 0.1) is 19.8 Å². The summed E-state index contributed by atoms with van der Waals surface area (Å²) < 4.78 is 0. The molecule has 0 aliphatic rings. The average molecular weight is 291 g/mol. The molecule has 1 rings (SSSR count). The molecule has 0 fully saturated rings. The van der Waals surface area contributed by atoms with Gasteiger partial charge in [0.2, 0.25) is 0 Å². The van der Waals surface area contributed by atoms with Crippen molar-refractivity contribution in [3.63, 3.8) is 0 Å². The lowest BCUT2D eigenvalue weighted by Gasteiger charge is -2.27. The second-order valence-corrected chi connectivity index (χ2v) is 5.31. The average Bonchev–Trinajstić information content (AvgIpc) is 2.48. The van der Waals surface area contributed by atoms with Gasteiger partial charge in [-0.15, -0.1) is 0 Å². The largest absolute Gasteiger partial charge is 0.395 e. The van der Waals surface area contributed by atoms with Crippen molar-refractivity contribution in [2.45, 2.75) is 19.4 Å². The number of nitrogens with zero attached hydrogens (tertiary/aromatic N) is 1. The Balaban J connectivity index is 2.87. The van der Waals surface area contributed by atoms with Crippen LogP contribution in [0.15, 0.2) is 30.3 Å². The maximum atomic E-state index is 10.8. The third kappa shape index (κ3) is 5.14. The molecule has 1 atom stereocenters. The molecule has 0 aliphatic carbocycles. The predicted molar refractivity (Wildman–Crippen MR) is 83.6 cm³/mol. The molecule has 0 spiro atoms. The van der Waals surface area contributed by atoms with Gasteiger partial charge in [-0.2, -0.15) is 0 Å². The Kier molecular flexibility index (Phi) is 7.41. The summed E-state index contributed by atoms with van der Waals surface area (Å²) in [7, 11) is 0. The van der Waals surface area contributed by atoms with Gasteiger partial charge in [0.15, 0.2) is 5.60 Å². The molecular weight excluding hydrogens is 266 g/mol. The highest BCUT2D eigenvalue weighted by atomic mass is 16.3. The third-order valence-corrected chi connectivity index (χ3v) is 3.46. The molecule has 0 heterocycles. The molecule has 0 bridgehead atoms. The quantitative estimate of drug-likeness (QED) is 0.651. The minimum atomic E-state index is -1.19. The number of aliphatic hydroxyl groups is 3. The van der Waals surface area contributed by atoms with Crippen LogP contribution in [-0.4, -0.2) is 53.1 Å². The molecule has 21 heavy (non-hydrogen) atoms. The zero-order valence-corrected chi connectivity index (χ0v) is 12.8. The smallest absolute Gasteiger partial charge is 0.153 e. The van der Waals surface area contributed by atoms with E-state index in [0.29, 0.717) is 19.6 Å². The fraction of sp³-hybridized carbons (Fsp3) is 0.529. The molecule has 0 aromatic heterocycles. The zero-order chi connectivity index (χ0) is 15.7. The normalized spacial score (nSPS) is 13.9. The highest BCUT2D eigenvalue weighted by molar-refractivity contribution is 5.32. The molecule has 116 valence electrons. The lowest BCUT2D eigenvalue weighted by atomic mass is 9.84. The van der Waals surface area contributed by atoms with Crippen molar-refractivity contribution >= 4 is 0 Å². The molecule has 3 N–H and O–H groups in total. The Labute approximate surface area is 127 Å². The molecule has 0 radical (unpaired) electrons. The van der Waals surface area contributed by atoms with Gasteiger partial charge in [0, 0.05) is 13.1 Å². The van der Waals surface area contributed by atoms with Crippen molar-refractivity contribution in [1.82, 2.24) is 4.90 Å². The van der Waals surface area contributed by atoms with E-state index in [1.807, 2.05) is 49.1 Å². The van der Waals surface area contributed by atoms with Crippen LogP contribution in [0.5, 0.6) is 0 Å². The molecule has 0 unspecified atom stereocenters. The van der Waals surface area contributed by atoms with Crippen molar-refractivity contribution in [1.29, 1.82) is 0 Å². The second-order valence-electron chi connectivity index (χ2n) is 5.31. The Hall–Kier alpha value is -1.38. The molecular formula is C17H25NO3. The van der Waals surface area contributed by atoms with Crippen LogP contribution < -0.4 is 0 Å². The maximum Gasteiger partial charge on any atom is 0.153 e. The van der Waals surface area contributed by atoms with Crippen LogP contribution in [0.25, 0.3) is 0 Å². The Morgan fingerprint density at radius 3 is 2.14 bits per heavy atom.